The van der Waals surface area contributed by atoms with Crippen molar-refractivity contribution < 1.29 is 24.2 Å². The van der Waals surface area contributed by atoms with Gasteiger partial charge in [0.25, 0.3) is 11.9 Å². The molecule has 0 spiro atoms. The summed E-state index contributed by atoms with van der Waals surface area (Å²) in [4.78, 5) is 26.1. The number of amides is 1. The van der Waals surface area contributed by atoms with Gasteiger partial charge in [0.15, 0.2) is 0 Å². The molecule has 0 atom stereocenters. The maximum absolute atomic E-state index is 11.4. The molecule has 0 bridgehead atoms. The highest BCUT2D eigenvalue weighted by Crippen LogP contribution is 2.05. The van der Waals surface area contributed by atoms with Crippen LogP contribution in [0.25, 0.3) is 5.95 Å². The molecule has 12 nitrogen and oxygen atoms in total. The third kappa shape index (κ3) is 4.31. The second kappa shape index (κ2) is 7.42. The van der Waals surface area contributed by atoms with Crippen LogP contribution in [0, 0.1) is 0 Å². The summed E-state index contributed by atoms with van der Waals surface area (Å²) in [6, 6.07) is 0. The Morgan fingerprint density at radius 1 is 1.43 bits per heavy atom. The van der Waals surface area contributed by atoms with Gasteiger partial charge in [-0.15, -0.1) is 10.2 Å². The van der Waals surface area contributed by atoms with Crippen LogP contribution in [0.1, 0.15) is 23.2 Å². The minimum Gasteiger partial charge on any atom is -0.459 e. The fourth-order valence-electron chi connectivity index (χ4n) is 1.55. The van der Waals surface area contributed by atoms with Crippen LogP contribution in [0.5, 0.6) is 0 Å². The van der Waals surface area contributed by atoms with Gasteiger partial charge in [0.1, 0.15) is 19.0 Å². The molecule has 124 valence electrons. The molecule has 0 fully saturated rings. The van der Waals surface area contributed by atoms with Crippen molar-refractivity contribution in [3.8, 4) is 5.95 Å². The number of hydrogen-bond donors (Lipinski definition) is 2. The summed E-state index contributed by atoms with van der Waals surface area (Å²) in [5, 5.41) is 20.3. The molecule has 0 radical (unpaired) electrons. The fraction of sp³-hybridized carbons (Fsp3) is 0.455. The number of esters is 1. The molecule has 0 aliphatic heterocycles. The Morgan fingerprint density at radius 2 is 2.22 bits per heavy atom. The molecular weight excluding hydrogens is 310 g/mol. The van der Waals surface area contributed by atoms with Gasteiger partial charge in [0, 0.05) is 6.92 Å². The van der Waals surface area contributed by atoms with Crippen LogP contribution >= 0.6 is 0 Å². The Bertz CT molecular complexity index is 695. The zero-order valence-corrected chi connectivity index (χ0v) is 12.2. The Morgan fingerprint density at radius 3 is 2.87 bits per heavy atom. The van der Waals surface area contributed by atoms with Gasteiger partial charge in [-0.3, -0.25) is 9.59 Å². The zero-order chi connectivity index (χ0) is 16.8. The number of ether oxygens (including phenoxy) is 2. The first-order valence-corrected chi connectivity index (χ1v) is 6.49. The summed E-state index contributed by atoms with van der Waals surface area (Å²) in [7, 11) is 0. The van der Waals surface area contributed by atoms with E-state index in [1.54, 1.807) is 0 Å². The molecule has 0 saturated carbocycles. The van der Waals surface area contributed by atoms with Gasteiger partial charge in [-0.25, -0.2) is 4.68 Å². The van der Waals surface area contributed by atoms with Crippen molar-refractivity contribution in [2.75, 3.05) is 13.2 Å². The molecule has 3 N–H and O–H groups in total. The number of nitrogens with two attached hydrogens (primary N) is 1. The molecule has 12 heteroatoms. The van der Waals surface area contributed by atoms with Gasteiger partial charge in [-0.1, -0.05) is 5.21 Å². The number of aliphatic hydroxyl groups excluding tert-OH is 1. The van der Waals surface area contributed by atoms with Gasteiger partial charge in [0.05, 0.1) is 19.4 Å². The quantitative estimate of drug-likeness (QED) is 0.412. The summed E-state index contributed by atoms with van der Waals surface area (Å²) < 4.78 is 12.2. The molecule has 2 heterocycles. The highest BCUT2D eigenvalue weighted by molar-refractivity contribution is 5.89. The zero-order valence-electron chi connectivity index (χ0n) is 12.2. The van der Waals surface area contributed by atoms with Crippen molar-refractivity contribution in [2.24, 2.45) is 5.73 Å². The maximum Gasteiger partial charge on any atom is 0.303 e. The van der Waals surface area contributed by atoms with Gasteiger partial charge >= 0.3 is 5.97 Å². The van der Waals surface area contributed by atoms with Crippen LogP contribution in [-0.2, 0) is 27.6 Å². The van der Waals surface area contributed by atoms with E-state index in [0.717, 1.165) is 4.68 Å². The van der Waals surface area contributed by atoms with Gasteiger partial charge in [-0.05, 0) is 0 Å². The number of primary amides is 1. The number of carbonyl (C=O) groups excluding carboxylic acids is 2. The minimum absolute atomic E-state index is 0.0433. The molecule has 2 rings (SSSR count). The van der Waals surface area contributed by atoms with Gasteiger partial charge in [0.2, 0.25) is 5.82 Å². The summed E-state index contributed by atoms with van der Waals surface area (Å²) in [6.45, 7) is 1.03. The largest absolute Gasteiger partial charge is 0.459 e. The van der Waals surface area contributed by atoms with Crippen molar-refractivity contribution in [3.05, 3.63) is 17.7 Å². The summed E-state index contributed by atoms with van der Waals surface area (Å²) >= 11 is 0. The lowest BCUT2D eigenvalue weighted by molar-refractivity contribution is -0.142. The average Bonchev–Trinajstić information content (AvgIpc) is 3.12. The lowest BCUT2D eigenvalue weighted by atomic mass is 10.5. The molecular formula is C11H15N7O5. The molecule has 0 saturated heterocycles. The number of rotatable bonds is 8. The summed E-state index contributed by atoms with van der Waals surface area (Å²) in [5.74, 6) is -1.32. The lowest BCUT2D eigenvalue weighted by Crippen LogP contribution is -2.20. The van der Waals surface area contributed by atoms with E-state index in [1.807, 2.05) is 0 Å². The molecule has 23 heavy (non-hydrogen) atoms. The van der Waals surface area contributed by atoms with Crippen molar-refractivity contribution in [3.63, 3.8) is 0 Å². The fourth-order valence-corrected chi connectivity index (χ4v) is 1.55. The van der Waals surface area contributed by atoms with Crippen LogP contribution in [0.4, 0.5) is 0 Å². The van der Waals surface area contributed by atoms with Crippen LogP contribution in [0.2, 0.25) is 0 Å². The standard InChI is InChI=1S/C11H15N7O5/c1-7(20)23-5-8-4-17(16-14-8)11-13-10(9(12)21)18(15-11)6-22-3-2-19/h4,19H,2-3,5-6H2,1H3,(H2,12,21). The predicted octanol–water partition coefficient (Wildman–Crippen LogP) is -2.01. The summed E-state index contributed by atoms with van der Waals surface area (Å²) in [5.41, 5.74) is 5.61. The summed E-state index contributed by atoms with van der Waals surface area (Å²) in [6.07, 6.45) is 1.45. The first-order chi connectivity index (χ1) is 11.0. The SMILES string of the molecule is CC(=O)OCc1cn(-c2nc(C(N)=O)n(COCCO)n2)nn1. The predicted molar refractivity (Wildman–Crippen MR) is 72.0 cm³/mol. The van der Waals surface area contributed by atoms with Crippen LogP contribution in [0.3, 0.4) is 0 Å². The first kappa shape index (κ1) is 16.5. The Balaban J connectivity index is 2.17. The van der Waals surface area contributed by atoms with Crippen molar-refractivity contribution in [1.82, 2.24) is 29.8 Å². The highest BCUT2D eigenvalue weighted by Gasteiger charge is 2.17. The maximum atomic E-state index is 11.4. The molecule has 0 unspecified atom stereocenters. The monoisotopic (exact) mass is 325 g/mol. The van der Waals surface area contributed by atoms with Crippen LogP contribution < -0.4 is 5.73 Å². The van der Waals surface area contributed by atoms with Crippen molar-refractivity contribution in [1.29, 1.82) is 0 Å². The van der Waals surface area contributed by atoms with E-state index in [2.05, 4.69) is 20.4 Å². The normalized spacial score (nSPS) is 10.7. The molecule has 1 amide bonds. The molecule has 0 aliphatic carbocycles. The number of aliphatic hydroxyl groups is 1. The molecule has 2 aromatic heterocycles. The highest BCUT2D eigenvalue weighted by atomic mass is 16.5. The third-order valence-electron chi connectivity index (χ3n) is 2.50. The number of hydrogen-bond acceptors (Lipinski definition) is 9. The lowest BCUT2D eigenvalue weighted by Gasteiger charge is -2.03. The molecule has 0 aromatic carbocycles. The topological polar surface area (TPSA) is 160 Å². The number of carbonyl (C=O) groups is 2. The van der Waals surface area contributed by atoms with E-state index in [9.17, 15) is 9.59 Å². The molecule has 0 aliphatic rings. The Labute approximate surface area is 129 Å². The average molecular weight is 325 g/mol. The van der Waals surface area contributed by atoms with E-state index in [1.165, 1.54) is 17.8 Å². The third-order valence-corrected chi connectivity index (χ3v) is 2.50. The second-order valence-corrected chi connectivity index (χ2v) is 4.29. The smallest absolute Gasteiger partial charge is 0.303 e. The number of nitrogens with zero attached hydrogens (tertiary/aromatic N) is 6. The van der Waals surface area contributed by atoms with Crippen LogP contribution in [-0.4, -0.2) is 60.0 Å². The van der Waals surface area contributed by atoms with Crippen molar-refractivity contribution >= 4 is 11.9 Å². The van der Waals surface area contributed by atoms with E-state index in [-0.39, 0.29) is 38.3 Å². The Hall–Kier alpha value is -2.86. The van der Waals surface area contributed by atoms with E-state index in [0.29, 0.717) is 5.69 Å². The number of aromatic nitrogens is 6. The van der Waals surface area contributed by atoms with E-state index < -0.39 is 11.9 Å². The second-order valence-electron chi connectivity index (χ2n) is 4.29. The van der Waals surface area contributed by atoms with E-state index >= 15 is 0 Å². The van der Waals surface area contributed by atoms with Gasteiger partial charge < -0.3 is 20.3 Å². The van der Waals surface area contributed by atoms with E-state index in [4.69, 9.17) is 20.3 Å². The van der Waals surface area contributed by atoms with Crippen molar-refractivity contribution in [2.45, 2.75) is 20.3 Å². The minimum atomic E-state index is -0.795. The van der Waals surface area contributed by atoms with Gasteiger partial charge in [-0.2, -0.15) is 9.67 Å². The molecule has 2 aromatic rings. The Kier molecular flexibility index (Phi) is 5.32. The van der Waals surface area contributed by atoms with Crippen LogP contribution in [0.15, 0.2) is 6.20 Å². The first-order valence-electron chi connectivity index (χ1n) is 6.49.